The molecule has 1 aromatic heterocycles. The highest BCUT2D eigenvalue weighted by molar-refractivity contribution is 5.96. The SMILES string of the molecule is CCn1nc(CC(C)C)cc1C(=O)N1CCNC[C@H]1C(=O)NC1CC1. The van der Waals surface area contributed by atoms with Gasteiger partial charge in [0.1, 0.15) is 11.7 Å². The van der Waals surface area contributed by atoms with Crippen LogP contribution in [-0.2, 0) is 17.8 Å². The molecule has 1 aliphatic carbocycles. The number of carbonyl (C=O) groups is 2. The molecule has 0 unspecified atom stereocenters. The molecule has 1 saturated heterocycles. The van der Waals surface area contributed by atoms with E-state index in [2.05, 4.69) is 29.6 Å². The van der Waals surface area contributed by atoms with Crippen LogP contribution in [0.4, 0.5) is 0 Å². The van der Waals surface area contributed by atoms with Gasteiger partial charge in [0, 0.05) is 32.2 Å². The van der Waals surface area contributed by atoms with Crippen molar-refractivity contribution in [1.82, 2.24) is 25.3 Å². The maximum Gasteiger partial charge on any atom is 0.272 e. The van der Waals surface area contributed by atoms with Crippen LogP contribution < -0.4 is 10.6 Å². The van der Waals surface area contributed by atoms with Crippen molar-refractivity contribution in [2.45, 2.75) is 58.7 Å². The molecule has 1 aromatic rings. The zero-order valence-corrected chi connectivity index (χ0v) is 15.4. The molecule has 3 rings (SSSR count). The Morgan fingerprint density at radius 2 is 2.16 bits per heavy atom. The molecule has 0 bridgehead atoms. The summed E-state index contributed by atoms with van der Waals surface area (Å²) in [5, 5.41) is 10.8. The van der Waals surface area contributed by atoms with E-state index in [4.69, 9.17) is 0 Å². The second-order valence-electron chi connectivity index (χ2n) is 7.44. The predicted molar refractivity (Wildman–Crippen MR) is 95.3 cm³/mol. The summed E-state index contributed by atoms with van der Waals surface area (Å²) in [6.07, 6.45) is 2.93. The van der Waals surface area contributed by atoms with Crippen LogP contribution in [0.15, 0.2) is 6.07 Å². The molecule has 25 heavy (non-hydrogen) atoms. The van der Waals surface area contributed by atoms with Gasteiger partial charge in [-0.1, -0.05) is 13.8 Å². The van der Waals surface area contributed by atoms with Gasteiger partial charge in [-0.05, 0) is 38.2 Å². The quantitative estimate of drug-likeness (QED) is 0.798. The van der Waals surface area contributed by atoms with E-state index < -0.39 is 6.04 Å². The van der Waals surface area contributed by atoms with Crippen LogP contribution in [0.2, 0.25) is 0 Å². The number of carbonyl (C=O) groups excluding carboxylic acids is 2. The third-order valence-corrected chi connectivity index (χ3v) is 4.70. The lowest BCUT2D eigenvalue weighted by atomic mass is 10.1. The minimum absolute atomic E-state index is 0.0481. The van der Waals surface area contributed by atoms with Crippen LogP contribution in [0.5, 0.6) is 0 Å². The van der Waals surface area contributed by atoms with Gasteiger partial charge in [0.25, 0.3) is 5.91 Å². The second-order valence-corrected chi connectivity index (χ2v) is 7.44. The first-order chi connectivity index (χ1) is 12.0. The first-order valence-electron chi connectivity index (χ1n) is 9.38. The Morgan fingerprint density at radius 3 is 2.80 bits per heavy atom. The number of hydrogen-bond donors (Lipinski definition) is 2. The van der Waals surface area contributed by atoms with Crippen molar-refractivity contribution in [3.05, 3.63) is 17.5 Å². The van der Waals surface area contributed by atoms with Crippen LogP contribution in [0, 0.1) is 5.92 Å². The largest absolute Gasteiger partial charge is 0.352 e. The Balaban J connectivity index is 1.79. The van der Waals surface area contributed by atoms with Gasteiger partial charge >= 0.3 is 0 Å². The molecule has 138 valence electrons. The smallest absolute Gasteiger partial charge is 0.272 e. The van der Waals surface area contributed by atoms with Crippen LogP contribution in [0.25, 0.3) is 0 Å². The van der Waals surface area contributed by atoms with Crippen LogP contribution in [0.3, 0.4) is 0 Å². The van der Waals surface area contributed by atoms with Crippen molar-refractivity contribution in [2.24, 2.45) is 5.92 Å². The Labute approximate surface area is 149 Å². The summed E-state index contributed by atoms with van der Waals surface area (Å²) in [5.74, 6) is 0.342. The van der Waals surface area contributed by atoms with Crippen molar-refractivity contribution in [3.8, 4) is 0 Å². The predicted octanol–water partition coefficient (Wildman–Crippen LogP) is 0.794. The minimum atomic E-state index is -0.449. The summed E-state index contributed by atoms with van der Waals surface area (Å²) in [6, 6.07) is 1.74. The van der Waals surface area contributed by atoms with E-state index in [0.717, 1.165) is 25.0 Å². The highest BCUT2D eigenvalue weighted by Gasteiger charge is 2.36. The standard InChI is InChI=1S/C18H29N5O2/c1-4-23-15(10-14(21-23)9-12(2)3)18(25)22-8-7-19-11-16(22)17(24)20-13-5-6-13/h10,12-13,16,19H,4-9,11H2,1-3H3,(H,20,24)/t16-/m0/s1. The van der Waals surface area contributed by atoms with Crippen molar-refractivity contribution < 1.29 is 9.59 Å². The van der Waals surface area contributed by atoms with E-state index in [1.807, 2.05) is 13.0 Å². The summed E-state index contributed by atoms with van der Waals surface area (Å²) in [7, 11) is 0. The second kappa shape index (κ2) is 7.56. The average Bonchev–Trinajstić information content (AvgIpc) is 3.31. The van der Waals surface area contributed by atoms with Gasteiger partial charge in [0.2, 0.25) is 5.91 Å². The molecule has 2 fully saturated rings. The number of amides is 2. The van der Waals surface area contributed by atoms with E-state index in [1.165, 1.54) is 0 Å². The van der Waals surface area contributed by atoms with Crippen molar-refractivity contribution in [3.63, 3.8) is 0 Å². The summed E-state index contributed by atoms with van der Waals surface area (Å²) in [6.45, 7) is 8.65. The molecular formula is C18H29N5O2. The van der Waals surface area contributed by atoms with Gasteiger partial charge in [-0.2, -0.15) is 5.10 Å². The summed E-state index contributed by atoms with van der Waals surface area (Å²) in [5.41, 5.74) is 1.53. The Morgan fingerprint density at radius 1 is 1.40 bits per heavy atom. The summed E-state index contributed by atoms with van der Waals surface area (Å²) >= 11 is 0. The fourth-order valence-corrected chi connectivity index (χ4v) is 3.26. The number of nitrogens with zero attached hydrogens (tertiary/aromatic N) is 3. The number of rotatable bonds is 6. The third kappa shape index (κ3) is 4.21. The number of hydrogen-bond acceptors (Lipinski definition) is 4. The molecular weight excluding hydrogens is 318 g/mol. The molecule has 2 amide bonds. The van der Waals surface area contributed by atoms with Crippen molar-refractivity contribution in [2.75, 3.05) is 19.6 Å². The van der Waals surface area contributed by atoms with Gasteiger partial charge in [-0.3, -0.25) is 14.3 Å². The highest BCUT2D eigenvalue weighted by Crippen LogP contribution is 2.20. The summed E-state index contributed by atoms with van der Waals surface area (Å²) < 4.78 is 1.76. The Kier molecular flexibility index (Phi) is 5.42. The zero-order valence-electron chi connectivity index (χ0n) is 15.4. The van der Waals surface area contributed by atoms with Crippen molar-refractivity contribution in [1.29, 1.82) is 0 Å². The molecule has 2 aliphatic rings. The van der Waals surface area contributed by atoms with Crippen LogP contribution in [0.1, 0.15) is 49.8 Å². The number of piperazine rings is 1. The van der Waals surface area contributed by atoms with Gasteiger partial charge in [0.15, 0.2) is 0 Å². The Bertz CT molecular complexity index is 635. The molecule has 0 radical (unpaired) electrons. The number of aromatic nitrogens is 2. The molecule has 2 heterocycles. The van der Waals surface area contributed by atoms with Crippen molar-refractivity contribution >= 4 is 11.8 Å². The normalized spacial score (nSPS) is 20.8. The number of nitrogens with one attached hydrogen (secondary N) is 2. The first-order valence-corrected chi connectivity index (χ1v) is 9.38. The van der Waals surface area contributed by atoms with E-state index in [-0.39, 0.29) is 11.8 Å². The molecule has 7 nitrogen and oxygen atoms in total. The lowest BCUT2D eigenvalue weighted by Crippen LogP contribution is -2.60. The third-order valence-electron chi connectivity index (χ3n) is 4.70. The zero-order chi connectivity index (χ0) is 18.0. The summed E-state index contributed by atoms with van der Waals surface area (Å²) in [4.78, 5) is 27.4. The molecule has 1 atom stereocenters. The Hall–Kier alpha value is -1.89. The lowest BCUT2D eigenvalue weighted by Gasteiger charge is -2.35. The van der Waals surface area contributed by atoms with Gasteiger partial charge in [0.05, 0.1) is 5.69 Å². The topological polar surface area (TPSA) is 79.3 Å². The van der Waals surface area contributed by atoms with Crippen LogP contribution in [-0.4, -0.2) is 58.2 Å². The highest BCUT2D eigenvalue weighted by atomic mass is 16.2. The maximum absolute atomic E-state index is 13.2. The van der Waals surface area contributed by atoms with E-state index >= 15 is 0 Å². The van der Waals surface area contributed by atoms with Crippen LogP contribution >= 0.6 is 0 Å². The monoisotopic (exact) mass is 347 g/mol. The molecule has 2 N–H and O–H groups in total. The van der Waals surface area contributed by atoms with E-state index in [0.29, 0.717) is 43.8 Å². The molecule has 0 spiro atoms. The average molecular weight is 347 g/mol. The molecule has 7 heteroatoms. The molecule has 0 aromatic carbocycles. The van der Waals surface area contributed by atoms with E-state index in [1.54, 1.807) is 9.58 Å². The maximum atomic E-state index is 13.2. The fourth-order valence-electron chi connectivity index (χ4n) is 3.26. The van der Waals surface area contributed by atoms with E-state index in [9.17, 15) is 9.59 Å². The van der Waals surface area contributed by atoms with Gasteiger partial charge < -0.3 is 15.5 Å². The molecule has 1 aliphatic heterocycles. The first kappa shape index (κ1) is 17.9. The molecule has 1 saturated carbocycles. The lowest BCUT2D eigenvalue weighted by molar-refractivity contribution is -0.126. The fraction of sp³-hybridized carbons (Fsp3) is 0.722. The van der Waals surface area contributed by atoms with Gasteiger partial charge in [-0.25, -0.2) is 0 Å². The number of aryl methyl sites for hydroxylation is 1. The van der Waals surface area contributed by atoms with Gasteiger partial charge in [-0.15, -0.1) is 0 Å². The minimum Gasteiger partial charge on any atom is -0.352 e.